The Morgan fingerprint density at radius 1 is 0.909 bits per heavy atom. The highest BCUT2D eigenvalue weighted by atomic mass is 35.5. The molecular formula is C18H18ClN3. The lowest BCUT2D eigenvalue weighted by molar-refractivity contribution is 1.10. The minimum absolute atomic E-state index is 0.720. The molecule has 0 spiro atoms. The average Bonchev–Trinajstić information content (AvgIpc) is 2.49. The summed E-state index contributed by atoms with van der Waals surface area (Å²) < 4.78 is 0. The molecule has 22 heavy (non-hydrogen) atoms. The molecule has 0 atom stereocenters. The number of hydrogen-bond donors (Lipinski definition) is 0. The molecule has 0 unspecified atom stereocenters. The summed E-state index contributed by atoms with van der Waals surface area (Å²) in [7, 11) is 2.01. The topological polar surface area (TPSA) is 29.0 Å². The van der Waals surface area contributed by atoms with E-state index in [1.165, 1.54) is 11.1 Å². The van der Waals surface area contributed by atoms with Gasteiger partial charge in [0.25, 0.3) is 0 Å². The number of fused-ring (bicyclic) bond motifs is 1. The zero-order valence-electron chi connectivity index (χ0n) is 13.2. The lowest BCUT2D eigenvalue weighted by Gasteiger charge is -2.22. The zero-order valence-corrected chi connectivity index (χ0v) is 13.9. The van der Waals surface area contributed by atoms with Gasteiger partial charge in [-0.1, -0.05) is 17.7 Å². The second-order valence-corrected chi connectivity index (χ2v) is 6.08. The molecule has 0 N–H and O–H groups in total. The van der Waals surface area contributed by atoms with Crippen molar-refractivity contribution >= 4 is 34.0 Å². The Balaban J connectivity index is 2.21. The molecule has 3 rings (SSSR count). The van der Waals surface area contributed by atoms with Crippen LogP contribution in [0.15, 0.2) is 36.7 Å². The summed E-state index contributed by atoms with van der Waals surface area (Å²) in [6.07, 6.45) is 1.61. The van der Waals surface area contributed by atoms with Crippen molar-refractivity contribution in [3.8, 4) is 0 Å². The van der Waals surface area contributed by atoms with Crippen LogP contribution in [0.1, 0.15) is 16.7 Å². The molecule has 1 heterocycles. The zero-order chi connectivity index (χ0) is 15.9. The number of anilines is 2. The molecule has 3 aromatic rings. The van der Waals surface area contributed by atoms with Crippen LogP contribution < -0.4 is 4.90 Å². The molecule has 4 heteroatoms. The maximum Gasteiger partial charge on any atom is 0.144 e. The van der Waals surface area contributed by atoms with Gasteiger partial charge < -0.3 is 4.90 Å². The number of hydrogen-bond acceptors (Lipinski definition) is 3. The fourth-order valence-corrected chi connectivity index (χ4v) is 2.79. The molecule has 0 aliphatic heterocycles. The molecule has 2 aromatic carbocycles. The molecule has 112 valence electrons. The van der Waals surface area contributed by atoms with Gasteiger partial charge in [-0.15, -0.1) is 0 Å². The van der Waals surface area contributed by atoms with E-state index in [1.54, 1.807) is 6.33 Å². The Bertz CT molecular complexity index is 858. The van der Waals surface area contributed by atoms with Crippen LogP contribution in [0.3, 0.4) is 0 Å². The first-order valence-electron chi connectivity index (χ1n) is 7.19. The van der Waals surface area contributed by atoms with Gasteiger partial charge in [0.15, 0.2) is 0 Å². The third kappa shape index (κ3) is 2.53. The fourth-order valence-electron chi connectivity index (χ4n) is 2.63. The van der Waals surface area contributed by atoms with Crippen LogP contribution in [-0.4, -0.2) is 17.0 Å². The van der Waals surface area contributed by atoms with Crippen molar-refractivity contribution in [2.45, 2.75) is 20.8 Å². The fraction of sp³-hybridized carbons (Fsp3) is 0.222. The minimum Gasteiger partial charge on any atom is -0.329 e. The quantitative estimate of drug-likeness (QED) is 0.668. The van der Waals surface area contributed by atoms with Crippen molar-refractivity contribution < 1.29 is 0 Å². The Hall–Kier alpha value is -2.13. The third-order valence-electron chi connectivity index (χ3n) is 4.08. The van der Waals surface area contributed by atoms with Gasteiger partial charge in [0.2, 0.25) is 0 Å². The Morgan fingerprint density at radius 2 is 1.64 bits per heavy atom. The van der Waals surface area contributed by atoms with Crippen molar-refractivity contribution in [1.29, 1.82) is 0 Å². The molecule has 0 aliphatic rings. The highest BCUT2D eigenvalue weighted by Crippen LogP contribution is 2.32. The molecule has 0 bridgehead atoms. The number of rotatable bonds is 2. The average molecular weight is 312 g/mol. The van der Waals surface area contributed by atoms with E-state index in [4.69, 9.17) is 11.6 Å². The van der Waals surface area contributed by atoms with E-state index in [9.17, 15) is 0 Å². The standard InChI is InChI=1S/C18H18ClN3/c1-11-5-6-14(19)9-17(11)22(4)18-15-7-12(2)13(3)8-16(15)20-10-21-18/h5-10H,1-4H3. The van der Waals surface area contributed by atoms with E-state index < -0.39 is 0 Å². The summed E-state index contributed by atoms with van der Waals surface area (Å²) >= 11 is 6.15. The highest BCUT2D eigenvalue weighted by molar-refractivity contribution is 6.30. The van der Waals surface area contributed by atoms with E-state index in [2.05, 4.69) is 47.8 Å². The van der Waals surface area contributed by atoms with Crippen LogP contribution in [0.2, 0.25) is 5.02 Å². The predicted molar refractivity (Wildman–Crippen MR) is 93.3 cm³/mol. The first-order chi connectivity index (χ1) is 10.5. The Kier molecular flexibility index (Phi) is 3.75. The van der Waals surface area contributed by atoms with Gasteiger partial charge in [0.1, 0.15) is 12.1 Å². The molecule has 0 fully saturated rings. The van der Waals surface area contributed by atoms with E-state index in [0.29, 0.717) is 0 Å². The lowest BCUT2D eigenvalue weighted by Crippen LogP contribution is -2.13. The first-order valence-corrected chi connectivity index (χ1v) is 7.57. The molecular weight excluding hydrogens is 294 g/mol. The van der Waals surface area contributed by atoms with Gasteiger partial charge in [-0.25, -0.2) is 9.97 Å². The van der Waals surface area contributed by atoms with Gasteiger partial charge in [0, 0.05) is 23.1 Å². The summed E-state index contributed by atoms with van der Waals surface area (Å²) in [5.74, 6) is 0.887. The van der Waals surface area contributed by atoms with Crippen molar-refractivity contribution in [3.05, 3.63) is 58.4 Å². The predicted octanol–water partition coefficient (Wildman–Crippen LogP) is 4.98. The van der Waals surface area contributed by atoms with E-state index >= 15 is 0 Å². The smallest absolute Gasteiger partial charge is 0.144 e. The Labute approximate surface area is 135 Å². The van der Waals surface area contributed by atoms with Crippen LogP contribution in [0, 0.1) is 20.8 Å². The van der Waals surface area contributed by atoms with E-state index in [0.717, 1.165) is 33.0 Å². The maximum absolute atomic E-state index is 6.15. The van der Waals surface area contributed by atoms with Crippen LogP contribution in [0.4, 0.5) is 11.5 Å². The molecule has 1 aromatic heterocycles. The van der Waals surface area contributed by atoms with Crippen molar-refractivity contribution in [2.24, 2.45) is 0 Å². The van der Waals surface area contributed by atoms with Gasteiger partial charge >= 0.3 is 0 Å². The second kappa shape index (κ2) is 5.58. The first kappa shape index (κ1) is 14.8. The lowest BCUT2D eigenvalue weighted by atomic mass is 10.1. The molecule has 0 saturated carbocycles. The number of benzene rings is 2. The van der Waals surface area contributed by atoms with Gasteiger partial charge in [-0.3, -0.25) is 0 Å². The van der Waals surface area contributed by atoms with Crippen LogP contribution in [0.5, 0.6) is 0 Å². The summed E-state index contributed by atoms with van der Waals surface area (Å²) in [6, 6.07) is 10.1. The van der Waals surface area contributed by atoms with Crippen LogP contribution >= 0.6 is 11.6 Å². The SMILES string of the molecule is Cc1cc2ncnc(N(C)c3cc(Cl)ccc3C)c2cc1C. The summed E-state index contributed by atoms with van der Waals surface area (Å²) in [6.45, 7) is 6.28. The number of aryl methyl sites for hydroxylation is 3. The summed E-state index contributed by atoms with van der Waals surface area (Å²) in [5.41, 5.74) is 5.63. The van der Waals surface area contributed by atoms with Gasteiger partial charge in [-0.05, 0) is 61.7 Å². The highest BCUT2D eigenvalue weighted by Gasteiger charge is 2.13. The molecule has 0 aliphatic carbocycles. The molecule has 3 nitrogen and oxygen atoms in total. The van der Waals surface area contributed by atoms with Gasteiger partial charge in [-0.2, -0.15) is 0 Å². The monoisotopic (exact) mass is 311 g/mol. The number of halogens is 1. The van der Waals surface area contributed by atoms with Crippen molar-refractivity contribution in [1.82, 2.24) is 9.97 Å². The maximum atomic E-state index is 6.15. The van der Waals surface area contributed by atoms with E-state index in [-0.39, 0.29) is 0 Å². The molecule has 0 radical (unpaired) electrons. The second-order valence-electron chi connectivity index (χ2n) is 5.64. The van der Waals surface area contributed by atoms with Crippen molar-refractivity contribution in [2.75, 3.05) is 11.9 Å². The molecule has 0 saturated heterocycles. The summed E-state index contributed by atoms with van der Waals surface area (Å²) in [4.78, 5) is 11.0. The normalized spacial score (nSPS) is 11.0. The Morgan fingerprint density at radius 3 is 2.41 bits per heavy atom. The number of nitrogens with zero attached hydrogens (tertiary/aromatic N) is 3. The van der Waals surface area contributed by atoms with E-state index in [1.807, 2.05) is 25.2 Å². The van der Waals surface area contributed by atoms with Gasteiger partial charge in [0.05, 0.1) is 5.52 Å². The van der Waals surface area contributed by atoms with Crippen molar-refractivity contribution in [3.63, 3.8) is 0 Å². The van der Waals surface area contributed by atoms with Crippen LogP contribution in [-0.2, 0) is 0 Å². The van der Waals surface area contributed by atoms with Crippen LogP contribution in [0.25, 0.3) is 10.9 Å². The third-order valence-corrected chi connectivity index (χ3v) is 4.32. The largest absolute Gasteiger partial charge is 0.329 e. The molecule has 0 amide bonds. The number of aromatic nitrogens is 2. The summed E-state index contributed by atoms with van der Waals surface area (Å²) in [5, 5.41) is 1.77. The minimum atomic E-state index is 0.720.